The lowest BCUT2D eigenvalue weighted by atomic mass is 9.89. The Kier molecular flexibility index (Phi) is 7.21. The second-order valence-corrected chi connectivity index (χ2v) is 6.59. The molecule has 1 saturated carbocycles. The van der Waals surface area contributed by atoms with Gasteiger partial charge in [-0.1, -0.05) is 30.9 Å². The van der Waals surface area contributed by atoms with Gasteiger partial charge in [0.1, 0.15) is 5.75 Å². The van der Waals surface area contributed by atoms with Crippen LogP contribution in [-0.2, 0) is 0 Å². The average Bonchev–Trinajstić information content (AvgIpc) is 2.62. The van der Waals surface area contributed by atoms with Gasteiger partial charge < -0.3 is 32.6 Å². The number of para-hydroxylation sites is 1. The van der Waals surface area contributed by atoms with Crippen molar-refractivity contribution in [3.05, 3.63) is 77.1 Å². The topological polar surface area (TPSA) is 111 Å². The first-order chi connectivity index (χ1) is 13.4. The molecule has 1 aliphatic rings. The number of nitrogens with two attached hydrogens (primary N) is 3. The third-order valence-corrected chi connectivity index (χ3v) is 4.63. The van der Waals surface area contributed by atoms with Gasteiger partial charge in [-0.05, 0) is 43.4 Å². The van der Waals surface area contributed by atoms with Crippen LogP contribution in [0.3, 0.4) is 0 Å². The standard InChI is InChI=1S/C22H31N5O/c1-5-8-14(2)16-11-7-12-17(22(16)28-4)27-18(13-19(23)24)20(25)21(26-3)15-9-6-10-15/h5,7-8,11-13,26-27H,2,6,9-10,23-25H2,1,3-4H3/b8-5-,20-18+. The summed E-state index contributed by atoms with van der Waals surface area (Å²) in [6.45, 7) is 6.06. The Morgan fingerprint density at radius 2 is 1.93 bits per heavy atom. The lowest BCUT2D eigenvalue weighted by Crippen LogP contribution is -2.23. The summed E-state index contributed by atoms with van der Waals surface area (Å²) in [4.78, 5) is 0. The Morgan fingerprint density at radius 3 is 2.43 bits per heavy atom. The van der Waals surface area contributed by atoms with Gasteiger partial charge in [0.05, 0.1) is 35.7 Å². The molecule has 0 aliphatic heterocycles. The number of allylic oxidation sites excluding steroid dienone is 5. The molecule has 150 valence electrons. The fourth-order valence-electron chi connectivity index (χ4n) is 3.13. The molecule has 0 unspecified atom stereocenters. The number of rotatable bonds is 8. The molecule has 0 atom stereocenters. The van der Waals surface area contributed by atoms with Gasteiger partial charge in [-0.25, -0.2) is 0 Å². The van der Waals surface area contributed by atoms with Gasteiger partial charge >= 0.3 is 0 Å². The summed E-state index contributed by atoms with van der Waals surface area (Å²) in [6, 6.07) is 5.80. The number of ether oxygens (including phenoxy) is 1. The highest BCUT2D eigenvalue weighted by Gasteiger charge is 2.19. The molecule has 28 heavy (non-hydrogen) atoms. The average molecular weight is 382 g/mol. The first kappa shape index (κ1) is 21.0. The fraction of sp³-hybridized carbons (Fsp3) is 0.273. The van der Waals surface area contributed by atoms with Crippen molar-refractivity contribution in [3.8, 4) is 5.75 Å². The van der Waals surface area contributed by atoms with E-state index < -0.39 is 0 Å². The van der Waals surface area contributed by atoms with Crippen molar-refractivity contribution in [2.24, 2.45) is 17.2 Å². The minimum atomic E-state index is 0.160. The van der Waals surface area contributed by atoms with Crippen LogP contribution in [0.2, 0.25) is 0 Å². The van der Waals surface area contributed by atoms with E-state index in [1.165, 1.54) is 12.0 Å². The van der Waals surface area contributed by atoms with Gasteiger partial charge in [0.15, 0.2) is 0 Å². The van der Waals surface area contributed by atoms with Crippen LogP contribution >= 0.6 is 0 Å². The second-order valence-electron chi connectivity index (χ2n) is 6.59. The molecule has 1 aliphatic carbocycles. The van der Waals surface area contributed by atoms with E-state index in [0.717, 1.165) is 35.4 Å². The molecule has 0 heterocycles. The van der Waals surface area contributed by atoms with Crippen LogP contribution in [-0.4, -0.2) is 14.2 Å². The van der Waals surface area contributed by atoms with Crippen molar-refractivity contribution in [1.29, 1.82) is 0 Å². The van der Waals surface area contributed by atoms with Crippen LogP contribution in [0.25, 0.3) is 5.57 Å². The molecule has 6 heteroatoms. The van der Waals surface area contributed by atoms with Gasteiger partial charge in [-0.2, -0.15) is 0 Å². The van der Waals surface area contributed by atoms with E-state index in [-0.39, 0.29) is 5.82 Å². The Morgan fingerprint density at radius 1 is 1.21 bits per heavy atom. The van der Waals surface area contributed by atoms with E-state index in [0.29, 0.717) is 17.1 Å². The van der Waals surface area contributed by atoms with Crippen molar-refractivity contribution in [3.63, 3.8) is 0 Å². The third kappa shape index (κ3) is 4.71. The van der Waals surface area contributed by atoms with Crippen LogP contribution in [0.4, 0.5) is 5.69 Å². The lowest BCUT2D eigenvalue weighted by molar-refractivity contribution is 0.415. The van der Waals surface area contributed by atoms with Crippen molar-refractivity contribution in [2.45, 2.75) is 26.2 Å². The molecule has 8 N–H and O–H groups in total. The summed E-state index contributed by atoms with van der Waals surface area (Å²) in [5.74, 6) is 0.829. The molecular formula is C22H31N5O. The van der Waals surface area contributed by atoms with Crippen LogP contribution in [0, 0.1) is 0 Å². The van der Waals surface area contributed by atoms with Gasteiger partial charge in [0.25, 0.3) is 0 Å². The summed E-state index contributed by atoms with van der Waals surface area (Å²) in [5, 5.41) is 6.55. The molecule has 0 aromatic heterocycles. The number of hydrogen-bond acceptors (Lipinski definition) is 6. The normalized spacial score (nSPS) is 14.0. The van der Waals surface area contributed by atoms with Gasteiger partial charge in [0.2, 0.25) is 0 Å². The van der Waals surface area contributed by atoms with Crippen LogP contribution in [0.5, 0.6) is 5.75 Å². The zero-order valence-corrected chi connectivity index (χ0v) is 16.9. The van der Waals surface area contributed by atoms with E-state index in [1.807, 2.05) is 44.3 Å². The molecule has 1 aromatic carbocycles. The third-order valence-electron chi connectivity index (χ3n) is 4.63. The SMILES string of the molecule is C=C(/C=C\C)c1cccc(N/C(C=C(N)N)=C(/N)C(NC)=C2CCC2)c1OC. The molecule has 0 amide bonds. The summed E-state index contributed by atoms with van der Waals surface area (Å²) in [6.07, 6.45) is 8.74. The van der Waals surface area contributed by atoms with E-state index in [2.05, 4.69) is 17.2 Å². The van der Waals surface area contributed by atoms with E-state index in [9.17, 15) is 0 Å². The van der Waals surface area contributed by atoms with Crippen molar-refractivity contribution >= 4 is 11.3 Å². The first-order valence-electron chi connectivity index (χ1n) is 9.31. The number of hydrogen-bond donors (Lipinski definition) is 5. The Labute approximate surface area is 167 Å². The predicted molar refractivity (Wildman–Crippen MR) is 118 cm³/mol. The Balaban J connectivity index is 2.55. The number of nitrogens with one attached hydrogen (secondary N) is 2. The van der Waals surface area contributed by atoms with Crippen molar-refractivity contribution in [2.75, 3.05) is 19.5 Å². The zero-order valence-electron chi connectivity index (χ0n) is 16.9. The minimum Gasteiger partial charge on any atom is -0.494 e. The Bertz CT molecular complexity index is 852. The van der Waals surface area contributed by atoms with E-state index in [4.69, 9.17) is 21.9 Å². The smallest absolute Gasteiger partial charge is 0.150 e. The van der Waals surface area contributed by atoms with Gasteiger partial charge in [-0.3, -0.25) is 0 Å². The fourth-order valence-corrected chi connectivity index (χ4v) is 3.13. The van der Waals surface area contributed by atoms with Gasteiger partial charge in [-0.15, -0.1) is 0 Å². The van der Waals surface area contributed by atoms with E-state index in [1.54, 1.807) is 13.2 Å². The van der Waals surface area contributed by atoms with Crippen LogP contribution < -0.4 is 32.6 Å². The summed E-state index contributed by atoms with van der Waals surface area (Å²) < 4.78 is 5.66. The maximum absolute atomic E-state index is 6.49. The molecule has 0 radical (unpaired) electrons. The maximum atomic E-state index is 6.49. The van der Waals surface area contributed by atoms with Crippen LogP contribution in [0.1, 0.15) is 31.7 Å². The molecular weight excluding hydrogens is 350 g/mol. The highest BCUT2D eigenvalue weighted by molar-refractivity contribution is 5.81. The van der Waals surface area contributed by atoms with Crippen LogP contribution in [0.15, 0.2) is 71.5 Å². The summed E-state index contributed by atoms with van der Waals surface area (Å²) in [5.41, 5.74) is 23.9. The largest absolute Gasteiger partial charge is 0.494 e. The predicted octanol–water partition coefficient (Wildman–Crippen LogP) is 3.28. The molecule has 1 aromatic rings. The lowest BCUT2D eigenvalue weighted by Gasteiger charge is -2.24. The van der Waals surface area contributed by atoms with Crippen molar-refractivity contribution < 1.29 is 4.74 Å². The number of methoxy groups -OCH3 is 1. The highest BCUT2D eigenvalue weighted by Crippen LogP contribution is 2.35. The minimum absolute atomic E-state index is 0.160. The first-order valence-corrected chi connectivity index (χ1v) is 9.31. The molecule has 1 fully saturated rings. The zero-order chi connectivity index (χ0) is 20.7. The highest BCUT2D eigenvalue weighted by atomic mass is 16.5. The van der Waals surface area contributed by atoms with Crippen molar-refractivity contribution in [1.82, 2.24) is 5.32 Å². The Hall–Kier alpha value is -3.28. The number of anilines is 1. The summed E-state index contributed by atoms with van der Waals surface area (Å²) in [7, 11) is 3.49. The maximum Gasteiger partial charge on any atom is 0.150 e. The summed E-state index contributed by atoms with van der Waals surface area (Å²) >= 11 is 0. The molecule has 6 nitrogen and oxygen atoms in total. The molecule has 0 bridgehead atoms. The monoisotopic (exact) mass is 381 g/mol. The second kappa shape index (κ2) is 9.60. The molecule has 0 spiro atoms. The van der Waals surface area contributed by atoms with Gasteiger partial charge in [0, 0.05) is 18.7 Å². The van der Waals surface area contributed by atoms with E-state index >= 15 is 0 Å². The number of benzene rings is 1. The molecule has 2 rings (SSSR count). The molecule has 0 saturated heterocycles. The quantitative estimate of drug-likeness (QED) is 0.442. The number of likely N-dealkylation sites (N-methyl/N-ethyl adjacent to an activating group) is 1.